The lowest BCUT2D eigenvalue weighted by Gasteiger charge is -2.45. The van der Waals surface area contributed by atoms with Gasteiger partial charge in [-0.05, 0) is 33.3 Å². The standard InChI is InChI=1S/C18H30N2O/c1-6-7-16-11-19-18(3,4)13-20(16)12-15-10-14(2)8-9-17(15)21-5/h8-10,16,19H,6-7,11-13H2,1-5H3. The Kier molecular flexibility index (Phi) is 5.28. The minimum absolute atomic E-state index is 0.182. The van der Waals surface area contributed by atoms with Gasteiger partial charge in [0.05, 0.1) is 7.11 Å². The molecule has 0 aliphatic carbocycles. The molecule has 0 spiro atoms. The fourth-order valence-electron chi connectivity index (χ4n) is 3.27. The summed E-state index contributed by atoms with van der Waals surface area (Å²) in [6, 6.07) is 7.09. The Morgan fingerprint density at radius 3 is 2.81 bits per heavy atom. The molecule has 3 heteroatoms. The summed E-state index contributed by atoms with van der Waals surface area (Å²) in [5, 5.41) is 3.68. The van der Waals surface area contributed by atoms with Crippen molar-refractivity contribution in [3.8, 4) is 5.75 Å². The van der Waals surface area contributed by atoms with Gasteiger partial charge in [0.2, 0.25) is 0 Å². The van der Waals surface area contributed by atoms with Gasteiger partial charge >= 0.3 is 0 Å². The molecule has 1 saturated heterocycles. The minimum atomic E-state index is 0.182. The highest BCUT2D eigenvalue weighted by Gasteiger charge is 2.32. The first-order valence-electron chi connectivity index (χ1n) is 8.08. The first kappa shape index (κ1) is 16.3. The van der Waals surface area contributed by atoms with E-state index in [1.54, 1.807) is 7.11 Å². The predicted octanol–water partition coefficient (Wildman–Crippen LogP) is 3.36. The zero-order valence-electron chi connectivity index (χ0n) is 14.2. The molecule has 0 amide bonds. The summed E-state index contributed by atoms with van der Waals surface area (Å²) in [4.78, 5) is 2.62. The van der Waals surface area contributed by atoms with Gasteiger partial charge in [0, 0.05) is 36.8 Å². The second-order valence-corrected chi connectivity index (χ2v) is 6.93. The zero-order chi connectivity index (χ0) is 15.5. The lowest BCUT2D eigenvalue weighted by atomic mass is 9.95. The monoisotopic (exact) mass is 290 g/mol. The second-order valence-electron chi connectivity index (χ2n) is 6.93. The van der Waals surface area contributed by atoms with Crippen LogP contribution in [0.2, 0.25) is 0 Å². The molecule has 0 radical (unpaired) electrons. The molecule has 21 heavy (non-hydrogen) atoms. The number of aryl methyl sites for hydroxylation is 1. The third-order valence-corrected chi connectivity index (χ3v) is 4.36. The summed E-state index contributed by atoms with van der Waals surface area (Å²) in [7, 11) is 1.76. The maximum atomic E-state index is 5.55. The minimum Gasteiger partial charge on any atom is -0.496 e. The van der Waals surface area contributed by atoms with E-state index in [0.29, 0.717) is 6.04 Å². The van der Waals surface area contributed by atoms with Crippen molar-refractivity contribution in [3.05, 3.63) is 29.3 Å². The molecule has 1 aliphatic rings. The Bertz CT molecular complexity index is 470. The average Bonchev–Trinajstić information content (AvgIpc) is 2.42. The number of nitrogens with zero attached hydrogens (tertiary/aromatic N) is 1. The van der Waals surface area contributed by atoms with Gasteiger partial charge in [-0.1, -0.05) is 31.0 Å². The highest BCUT2D eigenvalue weighted by molar-refractivity contribution is 5.36. The van der Waals surface area contributed by atoms with E-state index in [1.165, 1.54) is 24.0 Å². The van der Waals surface area contributed by atoms with Crippen molar-refractivity contribution in [2.75, 3.05) is 20.2 Å². The van der Waals surface area contributed by atoms with Gasteiger partial charge in [0.25, 0.3) is 0 Å². The normalized spacial score (nSPS) is 22.2. The van der Waals surface area contributed by atoms with Crippen LogP contribution in [0.4, 0.5) is 0 Å². The number of benzene rings is 1. The molecule has 1 aliphatic heterocycles. The van der Waals surface area contributed by atoms with Gasteiger partial charge in [-0.25, -0.2) is 0 Å². The van der Waals surface area contributed by atoms with E-state index in [2.05, 4.69) is 56.1 Å². The van der Waals surface area contributed by atoms with Gasteiger partial charge in [0.1, 0.15) is 5.75 Å². The first-order chi connectivity index (χ1) is 9.95. The number of nitrogens with one attached hydrogen (secondary N) is 1. The van der Waals surface area contributed by atoms with E-state index in [9.17, 15) is 0 Å². The Hall–Kier alpha value is -1.06. The number of piperazine rings is 1. The van der Waals surface area contributed by atoms with Crippen molar-refractivity contribution >= 4 is 0 Å². The third-order valence-electron chi connectivity index (χ3n) is 4.36. The summed E-state index contributed by atoms with van der Waals surface area (Å²) in [5.41, 5.74) is 2.78. The average molecular weight is 290 g/mol. The highest BCUT2D eigenvalue weighted by Crippen LogP contribution is 2.26. The Labute approximate surface area is 129 Å². The summed E-state index contributed by atoms with van der Waals surface area (Å²) in [6.45, 7) is 12.1. The SMILES string of the molecule is CCCC1CNC(C)(C)CN1Cc1cc(C)ccc1OC. The van der Waals surface area contributed by atoms with Crippen molar-refractivity contribution in [1.82, 2.24) is 10.2 Å². The van der Waals surface area contributed by atoms with Crippen LogP contribution in [0.5, 0.6) is 5.75 Å². The lowest BCUT2D eigenvalue weighted by molar-refractivity contribution is 0.0819. The largest absolute Gasteiger partial charge is 0.496 e. The fourth-order valence-corrected chi connectivity index (χ4v) is 3.27. The number of ether oxygens (including phenoxy) is 1. The van der Waals surface area contributed by atoms with Crippen LogP contribution in [0.1, 0.15) is 44.7 Å². The molecule has 1 aromatic rings. The number of rotatable bonds is 5. The van der Waals surface area contributed by atoms with Gasteiger partial charge < -0.3 is 10.1 Å². The quantitative estimate of drug-likeness (QED) is 0.900. The molecule has 1 N–H and O–H groups in total. The molecule has 3 nitrogen and oxygen atoms in total. The van der Waals surface area contributed by atoms with Crippen LogP contribution < -0.4 is 10.1 Å². The van der Waals surface area contributed by atoms with Crippen LogP contribution in [0.25, 0.3) is 0 Å². The molecule has 1 fully saturated rings. The third kappa shape index (κ3) is 4.21. The van der Waals surface area contributed by atoms with Crippen molar-refractivity contribution in [3.63, 3.8) is 0 Å². The molecule has 0 saturated carbocycles. The smallest absolute Gasteiger partial charge is 0.123 e. The topological polar surface area (TPSA) is 24.5 Å². The van der Waals surface area contributed by atoms with Crippen LogP contribution in [0.15, 0.2) is 18.2 Å². The van der Waals surface area contributed by atoms with Crippen molar-refractivity contribution < 1.29 is 4.74 Å². The first-order valence-corrected chi connectivity index (χ1v) is 8.08. The molecule has 118 valence electrons. The molecular weight excluding hydrogens is 260 g/mol. The van der Waals surface area contributed by atoms with Crippen LogP contribution in [0.3, 0.4) is 0 Å². The second kappa shape index (κ2) is 6.80. The molecule has 1 atom stereocenters. The van der Waals surface area contributed by atoms with E-state index >= 15 is 0 Å². The zero-order valence-corrected chi connectivity index (χ0v) is 14.2. The van der Waals surface area contributed by atoms with Crippen molar-refractivity contribution in [1.29, 1.82) is 0 Å². The van der Waals surface area contributed by atoms with Crippen LogP contribution in [0, 0.1) is 6.92 Å². The van der Waals surface area contributed by atoms with Crippen LogP contribution in [-0.2, 0) is 6.54 Å². The highest BCUT2D eigenvalue weighted by atomic mass is 16.5. The summed E-state index contributed by atoms with van der Waals surface area (Å²) in [6.07, 6.45) is 2.48. The van der Waals surface area contributed by atoms with E-state index in [0.717, 1.165) is 25.4 Å². The summed E-state index contributed by atoms with van der Waals surface area (Å²) < 4.78 is 5.55. The molecule has 0 aromatic heterocycles. The molecule has 2 rings (SSSR count). The number of hydrogen-bond donors (Lipinski definition) is 1. The van der Waals surface area contributed by atoms with Crippen LogP contribution >= 0.6 is 0 Å². The molecule has 1 heterocycles. The van der Waals surface area contributed by atoms with Gasteiger partial charge in [0.15, 0.2) is 0 Å². The maximum absolute atomic E-state index is 5.55. The van der Waals surface area contributed by atoms with Gasteiger partial charge in [-0.15, -0.1) is 0 Å². The molecule has 1 unspecified atom stereocenters. The van der Waals surface area contributed by atoms with Crippen molar-refractivity contribution in [2.45, 2.75) is 58.7 Å². The van der Waals surface area contributed by atoms with E-state index in [4.69, 9.17) is 4.74 Å². The predicted molar refractivity (Wildman–Crippen MR) is 88.9 cm³/mol. The summed E-state index contributed by atoms with van der Waals surface area (Å²) in [5.74, 6) is 1.01. The van der Waals surface area contributed by atoms with Crippen molar-refractivity contribution in [2.24, 2.45) is 0 Å². The molecular formula is C18H30N2O. The molecule has 1 aromatic carbocycles. The Morgan fingerprint density at radius 1 is 1.38 bits per heavy atom. The lowest BCUT2D eigenvalue weighted by Crippen LogP contribution is -2.61. The Balaban J connectivity index is 2.19. The van der Waals surface area contributed by atoms with E-state index in [-0.39, 0.29) is 5.54 Å². The van der Waals surface area contributed by atoms with Gasteiger partial charge in [-0.3, -0.25) is 4.90 Å². The maximum Gasteiger partial charge on any atom is 0.123 e. The van der Waals surface area contributed by atoms with E-state index < -0.39 is 0 Å². The van der Waals surface area contributed by atoms with Crippen LogP contribution in [-0.4, -0.2) is 36.7 Å². The van der Waals surface area contributed by atoms with E-state index in [1.807, 2.05) is 0 Å². The number of methoxy groups -OCH3 is 1. The molecule has 0 bridgehead atoms. The Morgan fingerprint density at radius 2 is 2.14 bits per heavy atom. The fraction of sp³-hybridized carbons (Fsp3) is 0.667. The van der Waals surface area contributed by atoms with Gasteiger partial charge in [-0.2, -0.15) is 0 Å². The number of hydrogen-bond acceptors (Lipinski definition) is 3. The summed E-state index contributed by atoms with van der Waals surface area (Å²) >= 11 is 0.